The molecule has 0 saturated carbocycles. The fourth-order valence-electron chi connectivity index (χ4n) is 1.76. The second-order valence-corrected chi connectivity index (χ2v) is 4.74. The quantitative estimate of drug-likeness (QED) is 0.633. The number of rotatable bonds is 9. The summed E-state index contributed by atoms with van der Waals surface area (Å²) in [6.45, 7) is 2.04. The van der Waals surface area contributed by atoms with Crippen LogP contribution in [0.5, 0.6) is 0 Å². The molecule has 3 N–H and O–H groups in total. The van der Waals surface area contributed by atoms with Crippen molar-refractivity contribution in [3.63, 3.8) is 0 Å². The standard InChI is InChI=1S/C14H20N2O5/c1-10(4-2-6-13(18)19)16-12(17)7-8-15-14(20)11-5-3-9-21-11/h3,5,9-10H,2,4,6-8H2,1H3,(H,15,20)(H,16,17)(H,18,19). The van der Waals surface area contributed by atoms with Gasteiger partial charge in [0.1, 0.15) is 0 Å². The zero-order valence-electron chi connectivity index (χ0n) is 11.9. The minimum absolute atomic E-state index is 0.0855. The van der Waals surface area contributed by atoms with Crippen molar-refractivity contribution in [1.29, 1.82) is 0 Å². The maximum absolute atomic E-state index is 11.6. The molecule has 0 bridgehead atoms. The molecule has 1 atom stereocenters. The average molecular weight is 296 g/mol. The highest BCUT2D eigenvalue weighted by atomic mass is 16.4. The van der Waals surface area contributed by atoms with Gasteiger partial charge in [-0.3, -0.25) is 14.4 Å². The van der Waals surface area contributed by atoms with Gasteiger partial charge in [-0.25, -0.2) is 0 Å². The van der Waals surface area contributed by atoms with Crippen molar-refractivity contribution in [2.45, 2.75) is 38.6 Å². The lowest BCUT2D eigenvalue weighted by molar-refractivity contribution is -0.137. The van der Waals surface area contributed by atoms with E-state index in [2.05, 4.69) is 10.6 Å². The van der Waals surface area contributed by atoms with E-state index >= 15 is 0 Å². The van der Waals surface area contributed by atoms with Gasteiger partial charge >= 0.3 is 5.97 Å². The second kappa shape index (κ2) is 8.78. The Morgan fingerprint density at radius 2 is 2.10 bits per heavy atom. The van der Waals surface area contributed by atoms with Gasteiger partial charge in [0.15, 0.2) is 5.76 Å². The van der Waals surface area contributed by atoms with Crippen molar-refractivity contribution in [2.24, 2.45) is 0 Å². The summed E-state index contributed by atoms with van der Waals surface area (Å²) in [5.41, 5.74) is 0. The summed E-state index contributed by atoms with van der Waals surface area (Å²) in [5, 5.41) is 13.9. The summed E-state index contributed by atoms with van der Waals surface area (Å²) in [5.74, 6) is -1.17. The molecule has 0 spiro atoms. The Balaban J connectivity index is 2.13. The van der Waals surface area contributed by atoms with E-state index < -0.39 is 5.97 Å². The topological polar surface area (TPSA) is 109 Å². The molecule has 0 aliphatic heterocycles. The molecule has 7 heteroatoms. The van der Waals surface area contributed by atoms with Crippen molar-refractivity contribution in [2.75, 3.05) is 6.54 Å². The molecule has 1 rings (SSSR count). The van der Waals surface area contributed by atoms with Crippen LogP contribution in [0.3, 0.4) is 0 Å². The maximum Gasteiger partial charge on any atom is 0.303 e. The van der Waals surface area contributed by atoms with Gasteiger partial charge in [-0.05, 0) is 31.9 Å². The Hall–Kier alpha value is -2.31. The Morgan fingerprint density at radius 1 is 1.33 bits per heavy atom. The molecule has 7 nitrogen and oxygen atoms in total. The fraction of sp³-hybridized carbons (Fsp3) is 0.500. The van der Waals surface area contributed by atoms with Gasteiger partial charge in [0.2, 0.25) is 5.91 Å². The lowest BCUT2D eigenvalue weighted by atomic mass is 10.1. The van der Waals surface area contributed by atoms with E-state index in [0.29, 0.717) is 12.8 Å². The van der Waals surface area contributed by atoms with Crippen LogP contribution in [0.2, 0.25) is 0 Å². The predicted octanol–water partition coefficient (Wildman–Crippen LogP) is 1.16. The van der Waals surface area contributed by atoms with E-state index in [4.69, 9.17) is 9.52 Å². The second-order valence-electron chi connectivity index (χ2n) is 4.74. The first-order valence-corrected chi connectivity index (χ1v) is 6.82. The van der Waals surface area contributed by atoms with Gasteiger partial charge in [0, 0.05) is 25.4 Å². The summed E-state index contributed by atoms with van der Waals surface area (Å²) in [6.07, 6.45) is 2.79. The fourth-order valence-corrected chi connectivity index (χ4v) is 1.76. The zero-order chi connectivity index (χ0) is 15.7. The smallest absolute Gasteiger partial charge is 0.303 e. The molecular weight excluding hydrogens is 276 g/mol. The van der Waals surface area contributed by atoms with Crippen molar-refractivity contribution in [1.82, 2.24) is 10.6 Å². The summed E-state index contributed by atoms with van der Waals surface area (Å²) in [6, 6.07) is 3.07. The number of carboxylic acid groups (broad SMARTS) is 1. The first-order valence-electron chi connectivity index (χ1n) is 6.82. The normalized spacial score (nSPS) is 11.7. The van der Waals surface area contributed by atoms with Gasteiger partial charge in [-0.15, -0.1) is 0 Å². The van der Waals surface area contributed by atoms with E-state index in [-0.39, 0.29) is 43.0 Å². The van der Waals surface area contributed by atoms with Crippen LogP contribution in [0.25, 0.3) is 0 Å². The minimum Gasteiger partial charge on any atom is -0.481 e. The van der Waals surface area contributed by atoms with Crippen LogP contribution in [-0.4, -0.2) is 35.5 Å². The van der Waals surface area contributed by atoms with E-state index in [1.807, 2.05) is 6.92 Å². The third kappa shape index (κ3) is 7.14. The third-order valence-corrected chi connectivity index (χ3v) is 2.82. The third-order valence-electron chi connectivity index (χ3n) is 2.82. The molecule has 21 heavy (non-hydrogen) atoms. The first kappa shape index (κ1) is 16.7. The molecule has 1 aromatic heterocycles. The number of carboxylic acids is 1. The number of aliphatic carboxylic acids is 1. The van der Waals surface area contributed by atoms with Gasteiger partial charge in [0.05, 0.1) is 6.26 Å². The Labute approximate surface area is 122 Å². The number of nitrogens with one attached hydrogen (secondary N) is 2. The van der Waals surface area contributed by atoms with E-state index in [9.17, 15) is 14.4 Å². The average Bonchev–Trinajstić information content (AvgIpc) is 2.91. The van der Waals surface area contributed by atoms with Crippen LogP contribution in [-0.2, 0) is 9.59 Å². The van der Waals surface area contributed by atoms with Gasteiger partial charge in [0.25, 0.3) is 5.91 Å². The highest BCUT2D eigenvalue weighted by Crippen LogP contribution is 2.01. The first-order chi connectivity index (χ1) is 9.99. The maximum atomic E-state index is 11.6. The lowest BCUT2D eigenvalue weighted by Gasteiger charge is -2.13. The largest absolute Gasteiger partial charge is 0.481 e. The number of amides is 2. The summed E-state index contributed by atoms with van der Waals surface area (Å²) in [7, 11) is 0. The molecule has 2 amide bonds. The number of hydrogen-bond donors (Lipinski definition) is 3. The number of hydrogen-bond acceptors (Lipinski definition) is 4. The summed E-state index contributed by atoms with van der Waals surface area (Å²) >= 11 is 0. The lowest BCUT2D eigenvalue weighted by Crippen LogP contribution is -2.35. The van der Waals surface area contributed by atoms with Crippen molar-refractivity contribution < 1.29 is 23.9 Å². The SMILES string of the molecule is CC(CCCC(=O)O)NC(=O)CCNC(=O)c1ccco1. The van der Waals surface area contributed by atoms with Crippen LogP contribution in [0.4, 0.5) is 0 Å². The number of furan rings is 1. The Bertz CT molecular complexity index is 470. The van der Waals surface area contributed by atoms with Crippen LogP contribution >= 0.6 is 0 Å². The molecule has 1 aromatic rings. The van der Waals surface area contributed by atoms with Crippen LogP contribution in [0.15, 0.2) is 22.8 Å². The van der Waals surface area contributed by atoms with E-state index in [0.717, 1.165) is 0 Å². The van der Waals surface area contributed by atoms with Gasteiger partial charge in [-0.1, -0.05) is 0 Å². The van der Waals surface area contributed by atoms with Crippen molar-refractivity contribution in [3.8, 4) is 0 Å². The predicted molar refractivity (Wildman–Crippen MR) is 74.7 cm³/mol. The molecular formula is C14H20N2O5. The molecule has 1 heterocycles. The zero-order valence-corrected chi connectivity index (χ0v) is 11.9. The number of carbonyl (C=O) groups excluding carboxylic acids is 2. The Morgan fingerprint density at radius 3 is 2.71 bits per heavy atom. The van der Waals surface area contributed by atoms with Crippen LogP contribution in [0.1, 0.15) is 43.2 Å². The van der Waals surface area contributed by atoms with Crippen LogP contribution < -0.4 is 10.6 Å². The Kier molecular flexibility index (Phi) is 7.00. The van der Waals surface area contributed by atoms with Crippen molar-refractivity contribution in [3.05, 3.63) is 24.2 Å². The van der Waals surface area contributed by atoms with E-state index in [1.165, 1.54) is 6.26 Å². The highest BCUT2D eigenvalue weighted by Gasteiger charge is 2.10. The molecule has 0 radical (unpaired) electrons. The molecule has 0 aliphatic rings. The summed E-state index contributed by atoms with van der Waals surface area (Å²) in [4.78, 5) is 33.5. The summed E-state index contributed by atoms with van der Waals surface area (Å²) < 4.78 is 4.92. The van der Waals surface area contributed by atoms with E-state index in [1.54, 1.807) is 12.1 Å². The van der Waals surface area contributed by atoms with Gasteiger partial charge < -0.3 is 20.2 Å². The molecule has 1 unspecified atom stereocenters. The number of carbonyl (C=O) groups is 3. The monoisotopic (exact) mass is 296 g/mol. The van der Waals surface area contributed by atoms with Crippen LogP contribution in [0, 0.1) is 0 Å². The van der Waals surface area contributed by atoms with Gasteiger partial charge in [-0.2, -0.15) is 0 Å². The highest BCUT2D eigenvalue weighted by molar-refractivity contribution is 5.91. The molecule has 0 aromatic carbocycles. The molecule has 116 valence electrons. The minimum atomic E-state index is -0.839. The molecule has 0 aliphatic carbocycles. The van der Waals surface area contributed by atoms with Crippen molar-refractivity contribution >= 4 is 17.8 Å². The molecule has 0 fully saturated rings. The molecule has 0 saturated heterocycles.